The molecule has 0 amide bonds. The summed E-state index contributed by atoms with van der Waals surface area (Å²) in [5, 5.41) is 4.61. The molecule has 0 saturated carbocycles. The SMILES string of the molecule is Cc1ccc(-c2nn3c(CN)ccnc3c2Br)cc1. The van der Waals surface area contributed by atoms with E-state index in [1.54, 1.807) is 10.7 Å². The summed E-state index contributed by atoms with van der Waals surface area (Å²) in [6.07, 6.45) is 1.75. The van der Waals surface area contributed by atoms with Gasteiger partial charge in [-0.2, -0.15) is 5.10 Å². The highest BCUT2D eigenvalue weighted by atomic mass is 79.9. The summed E-state index contributed by atoms with van der Waals surface area (Å²) >= 11 is 3.58. The van der Waals surface area contributed by atoms with Crippen molar-refractivity contribution in [3.8, 4) is 11.3 Å². The smallest absolute Gasteiger partial charge is 0.170 e. The van der Waals surface area contributed by atoms with Gasteiger partial charge in [0.2, 0.25) is 0 Å². The molecule has 0 atom stereocenters. The molecule has 0 radical (unpaired) electrons. The highest BCUT2D eigenvalue weighted by Gasteiger charge is 2.14. The molecule has 3 rings (SSSR count). The third kappa shape index (κ3) is 2.05. The Labute approximate surface area is 119 Å². The Morgan fingerprint density at radius 3 is 2.63 bits per heavy atom. The summed E-state index contributed by atoms with van der Waals surface area (Å²) in [7, 11) is 0. The number of aryl methyl sites for hydroxylation is 1. The van der Waals surface area contributed by atoms with Gasteiger partial charge < -0.3 is 5.73 Å². The number of aromatic nitrogens is 3. The fourth-order valence-corrected chi connectivity index (χ4v) is 2.60. The number of fused-ring (bicyclic) bond motifs is 1. The van der Waals surface area contributed by atoms with Gasteiger partial charge in [0.1, 0.15) is 5.69 Å². The first-order valence-electron chi connectivity index (χ1n) is 6.00. The van der Waals surface area contributed by atoms with Crippen LogP contribution in [0.2, 0.25) is 0 Å². The van der Waals surface area contributed by atoms with E-state index in [4.69, 9.17) is 5.73 Å². The molecule has 2 heterocycles. The first-order valence-corrected chi connectivity index (χ1v) is 6.79. The number of halogens is 1. The summed E-state index contributed by atoms with van der Waals surface area (Å²) in [5.41, 5.74) is 10.6. The van der Waals surface area contributed by atoms with Crippen LogP contribution in [0.15, 0.2) is 41.0 Å². The summed E-state index contributed by atoms with van der Waals surface area (Å²) in [5.74, 6) is 0. The number of nitrogens with two attached hydrogens (primary N) is 1. The van der Waals surface area contributed by atoms with Crippen molar-refractivity contribution in [2.24, 2.45) is 5.73 Å². The second-order valence-corrected chi connectivity index (χ2v) is 5.20. The van der Waals surface area contributed by atoms with Crippen molar-refractivity contribution in [3.63, 3.8) is 0 Å². The second-order valence-electron chi connectivity index (χ2n) is 4.40. The average molecular weight is 317 g/mol. The monoisotopic (exact) mass is 316 g/mol. The van der Waals surface area contributed by atoms with Gasteiger partial charge in [0.05, 0.1) is 10.2 Å². The Bertz CT molecular complexity index is 731. The van der Waals surface area contributed by atoms with Crippen LogP contribution in [0.4, 0.5) is 0 Å². The van der Waals surface area contributed by atoms with E-state index in [2.05, 4.69) is 57.2 Å². The molecule has 0 aliphatic carbocycles. The quantitative estimate of drug-likeness (QED) is 0.790. The first kappa shape index (κ1) is 12.3. The minimum absolute atomic E-state index is 0.431. The van der Waals surface area contributed by atoms with Crippen LogP contribution in [0.3, 0.4) is 0 Å². The molecule has 0 fully saturated rings. The van der Waals surface area contributed by atoms with Crippen molar-refractivity contribution in [1.82, 2.24) is 14.6 Å². The lowest BCUT2D eigenvalue weighted by Gasteiger charge is -1.99. The standard InChI is InChI=1S/C14H13BrN4/c1-9-2-4-10(5-3-9)13-12(15)14-17-7-6-11(8-16)19(14)18-13/h2-7H,8,16H2,1H3. The molecule has 96 valence electrons. The number of hydrogen-bond donors (Lipinski definition) is 1. The summed E-state index contributed by atoms with van der Waals surface area (Å²) in [6, 6.07) is 10.1. The zero-order valence-electron chi connectivity index (χ0n) is 10.5. The van der Waals surface area contributed by atoms with E-state index < -0.39 is 0 Å². The fraction of sp³-hybridized carbons (Fsp3) is 0.143. The van der Waals surface area contributed by atoms with Crippen molar-refractivity contribution >= 4 is 21.6 Å². The van der Waals surface area contributed by atoms with Gasteiger partial charge in [0, 0.05) is 18.3 Å². The molecule has 19 heavy (non-hydrogen) atoms. The van der Waals surface area contributed by atoms with Crippen LogP contribution in [0, 0.1) is 6.92 Å². The molecule has 0 saturated heterocycles. The fourth-order valence-electron chi connectivity index (χ4n) is 2.02. The minimum atomic E-state index is 0.431. The maximum Gasteiger partial charge on any atom is 0.170 e. The summed E-state index contributed by atoms with van der Waals surface area (Å²) in [6.45, 7) is 2.50. The van der Waals surface area contributed by atoms with Gasteiger partial charge in [0.25, 0.3) is 0 Å². The van der Waals surface area contributed by atoms with Crippen molar-refractivity contribution in [2.75, 3.05) is 0 Å². The predicted octanol–water partition coefficient (Wildman–Crippen LogP) is 2.93. The zero-order chi connectivity index (χ0) is 13.4. The first-order chi connectivity index (χ1) is 9.20. The lowest BCUT2D eigenvalue weighted by molar-refractivity contribution is 0.838. The van der Waals surface area contributed by atoms with E-state index in [0.717, 1.165) is 27.1 Å². The minimum Gasteiger partial charge on any atom is -0.325 e. The molecular weight excluding hydrogens is 304 g/mol. The van der Waals surface area contributed by atoms with E-state index in [1.807, 2.05) is 6.07 Å². The van der Waals surface area contributed by atoms with Crippen molar-refractivity contribution in [2.45, 2.75) is 13.5 Å². The molecule has 0 aliphatic heterocycles. The average Bonchev–Trinajstić information content (AvgIpc) is 2.77. The second kappa shape index (κ2) is 4.75. The van der Waals surface area contributed by atoms with Gasteiger partial charge in [-0.1, -0.05) is 29.8 Å². The van der Waals surface area contributed by atoms with Crippen molar-refractivity contribution in [1.29, 1.82) is 0 Å². The van der Waals surface area contributed by atoms with Crippen LogP contribution in [0.25, 0.3) is 16.9 Å². The van der Waals surface area contributed by atoms with E-state index in [1.165, 1.54) is 5.56 Å². The summed E-state index contributed by atoms with van der Waals surface area (Å²) in [4.78, 5) is 4.35. The van der Waals surface area contributed by atoms with Gasteiger partial charge >= 0.3 is 0 Å². The van der Waals surface area contributed by atoms with Crippen LogP contribution in [0.5, 0.6) is 0 Å². The number of hydrogen-bond acceptors (Lipinski definition) is 3. The third-order valence-electron chi connectivity index (χ3n) is 3.07. The topological polar surface area (TPSA) is 56.2 Å². The highest BCUT2D eigenvalue weighted by Crippen LogP contribution is 2.30. The third-order valence-corrected chi connectivity index (χ3v) is 3.80. The molecule has 5 heteroatoms. The van der Waals surface area contributed by atoms with Gasteiger partial charge in [-0.3, -0.25) is 0 Å². The van der Waals surface area contributed by atoms with Gasteiger partial charge in [0.15, 0.2) is 5.65 Å². The molecule has 0 aliphatic rings. The van der Waals surface area contributed by atoms with Crippen molar-refractivity contribution < 1.29 is 0 Å². The number of benzene rings is 1. The Kier molecular flexibility index (Phi) is 3.08. The van der Waals surface area contributed by atoms with E-state index in [9.17, 15) is 0 Å². The van der Waals surface area contributed by atoms with Crippen LogP contribution in [-0.4, -0.2) is 14.6 Å². The highest BCUT2D eigenvalue weighted by molar-refractivity contribution is 9.10. The van der Waals surface area contributed by atoms with Gasteiger partial charge in [-0.15, -0.1) is 0 Å². The molecule has 2 N–H and O–H groups in total. The Hall–Kier alpha value is -1.72. The molecule has 0 unspecified atom stereocenters. The van der Waals surface area contributed by atoms with Gasteiger partial charge in [-0.25, -0.2) is 9.50 Å². The van der Waals surface area contributed by atoms with E-state index in [0.29, 0.717) is 6.54 Å². The van der Waals surface area contributed by atoms with E-state index >= 15 is 0 Å². The molecule has 4 nitrogen and oxygen atoms in total. The van der Waals surface area contributed by atoms with Crippen LogP contribution in [0.1, 0.15) is 11.3 Å². The number of rotatable bonds is 2. The molecule has 1 aromatic carbocycles. The van der Waals surface area contributed by atoms with E-state index in [-0.39, 0.29) is 0 Å². The van der Waals surface area contributed by atoms with Crippen LogP contribution in [-0.2, 0) is 6.54 Å². The maximum atomic E-state index is 5.73. The largest absolute Gasteiger partial charge is 0.325 e. The molecule has 3 aromatic rings. The lowest BCUT2D eigenvalue weighted by Crippen LogP contribution is -2.05. The molecular formula is C14H13BrN4. The van der Waals surface area contributed by atoms with Crippen molar-refractivity contribution in [3.05, 3.63) is 52.3 Å². The molecule has 2 aromatic heterocycles. The number of nitrogens with zero attached hydrogens (tertiary/aromatic N) is 3. The molecule has 0 bridgehead atoms. The van der Waals surface area contributed by atoms with Crippen LogP contribution >= 0.6 is 15.9 Å². The Morgan fingerprint density at radius 1 is 1.21 bits per heavy atom. The van der Waals surface area contributed by atoms with Crippen LogP contribution < -0.4 is 5.73 Å². The summed E-state index contributed by atoms with van der Waals surface area (Å²) < 4.78 is 2.69. The Balaban J connectivity index is 2.25. The van der Waals surface area contributed by atoms with Gasteiger partial charge in [-0.05, 0) is 28.9 Å². The predicted molar refractivity (Wildman–Crippen MR) is 78.8 cm³/mol. The molecule has 0 spiro atoms. The lowest BCUT2D eigenvalue weighted by atomic mass is 10.1. The zero-order valence-corrected chi connectivity index (χ0v) is 12.1. The maximum absolute atomic E-state index is 5.73. The Morgan fingerprint density at radius 2 is 1.95 bits per heavy atom. The normalized spacial score (nSPS) is 11.1.